The van der Waals surface area contributed by atoms with Crippen molar-refractivity contribution in [1.29, 1.82) is 0 Å². The van der Waals surface area contributed by atoms with Gasteiger partial charge in [-0.3, -0.25) is 5.10 Å². The van der Waals surface area contributed by atoms with Gasteiger partial charge in [0.25, 0.3) is 0 Å². The quantitative estimate of drug-likeness (QED) is 0.675. The molecule has 0 spiro atoms. The molecule has 1 aromatic heterocycles. The lowest BCUT2D eigenvalue weighted by Gasteiger charge is -2.31. The molecular formula is C8H13N3S. The van der Waals surface area contributed by atoms with E-state index in [0.717, 1.165) is 16.5 Å². The van der Waals surface area contributed by atoms with Crippen molar-refractivity contribution in [2.45, 2.75) is 25.7 Å². The summed E-state index contributed by atoms with van der Waals surface area (Å²) in [7, 11) is 1.98. The SMILES string of the molecule is CC1CC(c2n[nH]c(=S)n2C)C1. The molecule has 1 aromatic rings. The maximum Gasteiger partial charge on any atom is 0.194 e. The molecule has 0 radical (unpaired) electrons. The topological polar surface area (TPSA) is 33.6 Å². The molecule has 0 atom stereocenters. The van der Waals surface area contributed by atoms with Gasteiger partial charge in [-0.1, -0.05) is 6.92 Å². The zero-order valence-electron chi connectivity index (χ0n) is 7.37. The number of hydrogen-bond acceptors (Lipinski definition) is 2. The molecule has 3 nitrogen and oxygen atoms in total. The summed E-state index contributed by atoms with van der Waals surface area (Å²) in [5, 5.41) is 7.03. The van der Waals surface area contributed by atoms with E-state index in [2.05, 4.69) is 17.1 Å². The van der Waals surface area contributed by atoms with E-state index < -0.39 is 0 Å². The first-order valence-electron chi connectivity index (χ1n) is 4.29. The third-order valence-corrected chi connectivity index (χ3v) is 3.02. The van der Waals surface area contributed by atoms with Crippen molar-refractivity contribution < 1.29 is 0 Å². The van der Waals surface area contributed by atoms with Crippen LogP contribution in [0.25, 0.3) is 0 Å². The van der Waals surface area contributed by atoms with E-state index >= 15 is 0 Å². The summed E-state index contributed by atoms with van der Waals surface area (Å²) in [6, 6.07) is 0. The third kappa shape index (κ3) is 1.10. The minimum atomic E-state index is 0.637. The van der Waals surface area contributed by atoms with Crippen LogP contribution in [0.4, 0.5) is 0 Å². The van der Waals surface area contributed by atoms with Crippen LogP contribution in [0.5, 0.6) is 0 Å². The van der Waals surface area contributed by atoms with Crippen molar-refractivity contribution in [2.24, 2.45) is 13.0 Å². The van der Waals surface area contributed by atoms with Crippen molar-refractivity contribution in [3.63, 3.8) is 0 Å². The van der Waals surface area contributed by atoms with E-state index in [-0.39, 0.29) is 0 Å². The molecule has 0 aromatic carbocycles. The third-order valence-electron chi connectivity index (χ3n) is 2.65. The Morgan fingerprint density at radius 3 is 2.67 bits per heavy atom. The van der Waals surface area contributed by atoms with Crippen LogP contribution >= 0.6 is 12.2 Å². The van der Waals surface area contributed by atoms with Gasteiger partial charge in [0.15, 0.2) is 4.77 Å². The zero-order chi connectivity index (χ0) is 8.72. The predicted molar refractivity (Wildman–Crippen MR) is 49.5 cm³/mol. The average Bonchev–Trinajstić information content (AvgIpc) is 2.28. The molecule has 1 heterocycles. The Kier molecular flexibility index (Phi) is 1.79. The fourth-order valence-corrected chi connectivity index (χ4v) is 1.98. The van der Waals surface area contributed by atoms with Crippen molar-refractivity contribution in [1.82, 2.24) is 14.8 Å². The Bertz CT molecular complexity index is 332. The van der Waals surface area contributed by atoms with Crippen LogP contribution in [-0.2, 0) is 7.05 Å². The predicted octanol–water partition coefficient (Wildman–Crippen LogP) is 1.99. The highest BCUT2D eigenvalue weighted by Gasteiger charge is 2.29. The Labute approximate surface area is 76.8 Å². The molecule has 1 N–H and O–H groups in total. The van der Waals surface area contributed by atoms with Crippen molar-refractivity contribution in [3.8, 4) is 0 Å². The summed E-state index contributed by atoms with van der Waals surface area (Å²) in [5.41, 5.74) is 0. The lowest BCUT2D eigenvalue weighted by Crippen LogP contribution is -2.21. The molecule has 0 bridgehead atoms. The Balaban J connectivity index is 2.24. The lowest BCUT2D eigenvalue weighted by molar-refractivity contribution is 0.273. The molecule has 0 amide bonds. The van der Waals surface area contributed by atoms with Crippen LogP contribution in [0.15, 0.2) is 0 Å². The lowest BCUT2D eigenvalue weighted by atomic mass is 9.76. The first-order valence-corrected chi connectivity index (χ1v) is 4.70. The summed E-state index contributed by atoms with van der Waals surface area (Å²) in [5.74, 6) is 2.62. The molecule has 1 saturated carbocycles. The molecule has 1 aliphatic carbocycles. The molecule has 4 heteroatoms. The van der Waals surface area contributed by atoms with E-state index in [4.69, 9.17) is 12.2 Å². The normalized spacial score (nSPS) is 28.5. The fourth-order valence-electron chi connectivity index (χ4n) is 1.84. The second-order valence-corrected chi connectivity index (χ2v) is 4.11. The van der Waals surface area contributed by atoms with E-state index in [0.29, 0.717) is 5.92 Å². The van der Waals surface area contributed by atoms with Gasteiger partial charge in [0.2, 0.25) is 0 Å². The van der Waals surface area contributed by atoms with Gasteiger partial charge in [-0.2, -0.15) is 5.10 Å². The summed E-state index contributed by atoms with van der Waals surface area (Å²) in [6.07, 6.45) is 2.51. The van der Waals surface area contributed by atoms with Gasteiger partial charge in [0.05, 0.1) is 0 Å². The second kappa shape index (κ2) is 2.69. The standard InChI is InChI=1S/C8H13N3S/c1-5-3-6(4-5)7-9-10-8(12)11(7)2/h5-6H,3-4H2,1-2H3,(H,10,12). The van der Waals surface area contributed by atoms with Gasteiger partial charge in [-0.25, -0.2) is 0 Å². The number of aromatic nitrogens is 3. The summed E-state index contributed by atoms with van der Waals surface area (Å²) in [6.45, 7) is 2.28. The maximum absolute atomic E-state index is 5.04. The monoisotopic (exact) mass is 183 g/mol. The second-order valence-electron chi connectivity index (χ2n) is 3.72. The minimum absolute atomic E-state index is 0.637. The number of nitrogens with one attached hydrogen (secondary N) is 1. The van der Waals surface area contributed by atoms with Crippen molar-refractivity contribution in [2.75, 3.05) is 0 Å². The maximum atomic E-state index is 5.04. The summed E-state index contributed by atoms with van der Waals surface area (Å²) < 4.78 is 2.70. The first-order chi connectivity index (χ1) is 5.68. The molecule has 12 heavy (non-hydrogen) atoms. The van der Waals surface area contributed by atoms with Crippen LogP contribution in [0.3, 0.4) is 0 Å². The van der Waals surface area contributed by atoms with Gasteiger partial charge in [0.1, 0.15) is 5.82 Å². The van der Waals surface area contributed by atoms with Gasteiger partial charge < -0.3 is 4.57 Å². The highest BCUT2D eigenvalue weighted by atomic mass is 32.1. The molecule has 0 saturated heterocycles. The van der Waals surface area contributed by atoms with E-state index in [1.54, 1.807) is 0 Å². The molecular weight excluding hydrogens is 170 g/mol. The number of rotatable bonds is 1. The summed E-state index contributed by atoms with van der Waals surface area (Å²) in [4.78, 5) is 0. The number of hydrogen-bond donors (Lipinski definition) is 1. The van der Waals surface area contributed by atoms with Crippen LogP contribution in [0, 0.1) is 10.7 Å². The Morgan fingerprint density at radius 2 is 2.25 bits per heavy atom. The zero-order valence-corrected chi connectivity index (χ0v) is 8.19. The molecule has 1 aliphatic rings. The van der Waals surface area contributed by atoms with Gasteiger partial charge in [0, 0.05) is 13.0 Å². The molecule has 0 aliphatic heterocycles. The Morgan fingerprint density at radius 1 is 1.58 bits per heavy atom. The van der Waals surface area contributed by atoms with E-state index in [1.165, 1.54) is 12.8 Å². The minimum Gasteiger partial charge on any atom is -0.307 e. The fraction of sp³-hybridized carbons (Fsp3) is 0.750. The highest BCUT2D eigenvalue weighted by Crippen LogP contribution is 2.39. The number of aromatic amines is 1. The number of nitrogens with zero attached hydrogens (tertiary/aromatic N) is 2. The molecule has 66 valence electrons. The first kappa shape index (κ1) is 7.98. The Hall–Kier alpha value is -0.640. The van der Waals surface area contributed by atoms with Gasteiger partial charge in [-0.05, 0) is 31.0 Å². The summed E-state index contributed by atoms with van der Waals surface area (Å²) >= 11 is 5.04. The van der Waals surface area contributed by atoms with E-state index in [9.17, 15) is 0 Å². The van der Waals surface area contributed by atoms with Crippen LogP contribution in [0.2, 0.25) is 0 Å². The smallest absolute Gasteiger partial charge is 0.194 e. The van der Waals surface area contributed by atoms with Crippen LogP contribution in [-0.4, -0.2) is 14.8 Å². The van der Waals surface area contributed by atoms with Crippen LogP contribution in [0.1, 0.15) is 31.5 Å². The van der Waals surface area contributed by atoms with E-state index in [1.807, 2.05) is 11.6 Å². The van der Waals surface area contributed by atoms with Gasteiger partial charge in [-0.15, -0.1) is 0 Å². The highest BCUT2D eigenvalue weighted by molar-refractivity contribution is 7.71. The number of H-pyrrole nitrogens is 1. The largest absolute Gasteiger partial charge is 0.307 e. The molecule has 2 rings (SSSR count). The van der Waals surface area contributed by atoms with Crippen molar-refractivity contribution in [3.05, 3.63) is 10.6 Å². The molecule has 0 unspecified atom stereocenters. The average molecular weight is 183 g/mol. The van der Waals surface area contributed by atoms with Crippen molar-refractivity contribution >= 4 is 12.2 Å². The molecule has 1 fully saturated rings. The van der Waals surface area contributed by atoms with Gasteiger partial charge >= 0.3 is 0 Å². The van der Waals surface area contributed by atoms with Crippen LogP contribution < -0.4 is 0 Å².